The number of carbonyl (C=O) groups excluding carboxylic acids is 1. The van der Waals surface area contributed by atoms with E-state index in [1.54, 1.807) is 0 Å². The highest BCUT2D eigenvalue weighted by atomic mass is 16.6. The average Bonchev–Trinajstić information content (AvgIpc) is 2.88. The molecular formula is C10H7N5O5. The van der Waals surface area contributed by atoms with Crippen molar-refractivity contribution in [3.05, 3.63) is 56.4 Å². The summed E-state index contributed by atoms with van der Waals surface area (Å²) in [4.78, 5) is 31.9. The van der Waals surface area contributed by atoms with Crippen molar-refractivity contribution in [3.63, 3.8) is 0 Å². The van der Waals surface area contributed by atoms with Crippen LogP contribution in [0.5, 0.6) is 0 Å². The lowest BCUT2D eigenvalue weighted by atomic mass is 10.2. The highest BCUT2D eigenvalue weighted by Gasteiger charge is 2.24. The number of hydrogen-bond acceptors (Lipinski definition) is 6. The first-order valence-electron chi connectivity index (χ1n) is 5.23. The molecule has 10 heteroatoms. The van der Waals surface area contributed by atoms with E-state index in [2.05, 4.69) is 15.5 Å². The van der Waals surface area contributed by atoms with Gasteiger partial charge >= 0.3 is 5.69 Å². The van der Waals surface area contributed by atoms with Gasteiger partial charge in [0.1, 0.15) is 11.9 Å². The van der Waals surface area contributed by atoms with Crippen molar-refractivity contribution in [2.24, 2.45) is 0 Å². The van der Waals surface area contributed by atoms with Gasteiger partial charge in [-0.15, -0.1) is 0 Å². The second-order valence-electron chi connectivity index (χ2n) is 3.62. The number of amides is 1. The Hall–Kier alpha value is -3.30. The van der Waals surface area contributed by atoms with Crippen LogP contribution in [0.15, 0.2) is 30.5 Å². The van der Waals surface area contributed by atoms with Gasteiger partial charge in [-0.3, -0.25) is 30.1 Å². The molecule has 0 radical (unpaired) electrons. The van der Waals surface area contributed by atoms with Crippen LogP contribution in [0.2, 0.25) is 0 Å². The standard InChI is InChI=1S/C10H7N5O5/c16-10(9-8(15(19)20)5-11-13-9)12-6-3-1-2-4-7(6)14(17)18/h1-5H,(H,11,13)(H,12,16). The van der Waals surface area contributed by atoms with Crippen molar-refractivity contribution in [2.75, 3.05) is 5.32 Å². The Morgan fingerprint density at radius 3 is 2.45 bits per heavy atom. The lowest BCUT2D eigenvalue weighted by molar-refractivity contribution is -0.385. The number of nitro groups is 2. The molecule has 20 heavy (non-hydrogen) atoms. The molecule has 2 rings (SSSR count). The van der Waals surface area contributed by atoms with E-state index < -0.39 is 21.4 Å². The van der Waals surface area contributed by atoms with Crippen molar-refractivity contribution in [1.29, 1.82) is 0 Å². The molecular weight excluding hydrogens is 270 g/mol. The topological polar surface area (TPSA) is 144 Å². The van der Waals surface area contributed by atoms with Gasteiger partial charge in [-0.1, -0.05) is 12.1 Å². The summed E-state index contributed by atoms with van der Waals surface area (Å²) in [5.41, 5.74) is -1.27. The largest absolute Gasteiger partial charge is 0.319 e. The number of anilines is 1. The third-order valence-corrected chi connectivity index (χ3v) is 2.39. The molecule has 0 atom stereocenters. The van der Waals surface area contributed by atoms with E-state index >= 15 is 0 Å². The van der Waals surface area contributed by atoms with Crippen LogP contribution >= 0.6 is 0 Å². The molecule has 0 fully saturated rings. The predicted octanol–water partition coefficient (Wildman–Crippen LogP) is 1.48. The molecule has 0 aliphatic rings. The summed E-state index contributed by atoms with van der Waals surface area (Å²) in [6, 6.07) is 5.45. The fraction of sp³-hybridized carbons (Fsp3) is 0. The number of para-hydroxylation sites is 2. The van der Waals surface area contributed by atoms with E-state index in [9.17, 15) is 25.0 Å². The van der Waals surface area contributed by atoms with E-state index in [1.165, 1.54) is 24.3 Å². The average molecular weight is 277 g/mol. The normalized spacial score (nSPS) is 10.0. The molecule has 102 valence electrons. The van der Waals surface area contributed by atoms with E-state index in [0.717, 1.165) is 6.20 Å². The predicted molar refractivity (Wildman–Crippen MR) is 66.3 cm³/mol. The maximum atomic E-state index is 11.9. The van der Waals surface area contributed by atoms with Crippen LogP contribution < -0.4 is 5.32 Å². The molecule has 10 nitrogen and oxygen atoms in total. The van der Waals surface area contributed by atoms with Crippen LogP contribution in [0.1, 0.15) is 10.5 Å². The molecule has 0 saturated heterocycles. The van der Waals surface area contributed by atoms with Crippen molar-refractivity contribution in [2.45, 2.75) is 0 Å². The van der Waals surface area contributed by atoms with Gasteiger partial charge in [0.2, 0.25) is 5.69 Å². The first kappa shape index (κ1) is 13.1. The molecule has 2 N–H and O–H groups in total. The summed E-state index contributed by atoms with van der Waals surface area (Å²) in [7, 11) is 0. The molecule has 0 aliphatic heterocycles. The SMILES string of the molecule is O=C(Nc1ccccc1[N+](=O)[O-])c1[nH]ncc1[N+](=O)[O-]. The summed E-state index contributed by atoms with van der Waals surface area (Å²) < 4.78 is 0. The molecule has 0 bridgehead atoms. The van der Waals surface area contributed by atoms with Crippen molar-refractivity contribution in [1.82, 2.24) is 10.2 Å². The second kappa shape index (κ2) is 5.14. The number of nitro benzene ring substituents is 1. The Labute approximate surface area is 110 Å². The van der Waals surface area contributed by atoms with E-state index in [4.69, 9.17) is 0 Å². The number of carbonyl (C=O) groups is 1. The van der Waals surface area contributed by atoms with Crippen LogP contribution in [0.4, 0.5) is 17.1 Å². The number of rotatable bonds is 4. The molecule has 0 aliphatic carbocycles. The van der Waals surface area contributed by atoms with E-state index in [-0.39, 0.29) is 17.1 Å². The fourth-order valence-electron chi connectivity index (χ4n) is 1.51. The third-order valence-electron chi connectivity index (χ3n) is 2.39. The molecule has 0 spiro atoms. The Kier molecular flexibility index (Phi) is 3.37. The van der Waals surface area contributed by atoms with E-state index in [1.807, 2.05) is 0 Å². The Morgan fingerprint density at radius 2 is 1.80 bits per heavy atom. The lowest BCUT2D eigenvalue weighted by Crippen LogP contribution is -2.15. The Balaban J connectivity index is 2.31. The van der Waals surface area contributed by atoms with E-state index in [0.29, 0.717) is 0 Å². The van der Waals surface area contributed by atoms with Gasteiger partial charge in [-0.2, -0.15) is 5.10 Å². The summed E-state index contributed by atoms with van der Waals surface area (Å²) in [5, 5.41) is 29.3. The minimum atomic E-state index is -0.886. The highest BCUT2D eigenvalue weighted by Crippen LogP contribution is 2.24. The van der Waals surface area contributed by atoms with Gasteiger partial charge in [0.25, 0.3) is 11.6 Å². The monoisotopic (exact) mass is 277 g/mol. The molecule has 1 aromatic carbocycles. The van der Waals surface area contributed by atoms with Gasteiger partial charge in [0.15, 0.2) is 0 Å². The van der Waals surface area contributed by atoms with Crippen LogP contribution in [0.3, 0.4) is 0 Å². The number of hydrogen-bond donors (Lipinski definition) is 2. The lowest BCUT2D eigenvalue weighted by Gasteiger charge is -2.03. The van der Waals surface area contributed by atoms with Gasteiger partial charge in [0, 0.05) is 6.07 Å². The third kappa shape index (κ3) is 2.43. The maximum absolute atomic E-state index is 11.9. The summed E-state index contributed by atoms with van der Waals surface area (Å²) >= 11 is 0. The minimum Gasteiger partial charge on any atom is -0.315 e. The number of aromatic nitrogens is 2. The molecule has 1 amide bonds. The number of nitrogens with zero attached hydrogens (tertiary/aromatic N) is 3. The molecule has 1 aromatic heterocycles. The molecule has 0 saturated carbocycles. The maximum Gasteiger partial charge on any atom is 0.319 e. The van der Waals surface area contributed by atoms with Crippen LogP contribution in [-0.4, -0.2) is 26.0 Å². The van der Waals surface area contributed by atoms with Crippen molar-refractivity contribution >= 4 is 23.0 Å². The number of H-pyrrole nitrogens is 1. The number of benzene rings is 1. The van der Waals surface area contributed by atoms with Crippen LogP contribution in [-0.2, 0) is 0 Å². The Morgan fingerprint density at radius 1 is 1.15 bits per heavy atom. The van der Waals surface area contributed by atoms with Gasteiger partial charge in [-0.05, 0) is 6.07 Å². The highest BCUT2D eigenvalue weighted by molar-refractivity contribution is 6.06. The van der Waals surface area contributed by atoms with Gasteiger partial charge < -0.3 is 5.32 Å². The fourth-order valence-corrected chi connectivity index (χ4v) is 1.51. The zero-order chi connectivity index (χ0) is 14.7. The van der Waals surface area contributed by atoms with Crippen LogP contribution in [0.25, 0.3) is 0 Å². The molecule has 0 unspecified atom stereocenters. The number of nitrogens with one attached hydrogen (secondary N) is 2. The van der Waals surface area contributed by atoms with Gasteiger partial charge in [-0.25, -0.2) is 0 Å². The van der Waals surface area contributed by atoms with Gasteiger partial charge in [0.05, 0.1) is 9.85 Å². The summed E-state index contributed by atoms with van der Waals surface area (Å²) in [5.74, 6) is -0.886. The van der Waals surface area contributed by atoms with Crippen LogP contribution in [0, 0.1) is 20.2 Å². The van der Waals surface area contributed by atoms with Crippen molar-refractivity contribution < 1.29 is 14.6 Å². The minimum absolute atomic E-state index is 0.0635. The molecule has 1 heterocycles. The summed E-state index contributed by atoms with van der Waals surface area (Å²) in [6.07, 6.45) is 0.883. The molecule has 2 aromatic rings. The quantitative estimate of drug-likeness (QED) is 0.639. The summed E-state index contributed by atoms with van der Waals surface area (Å²) in [6.45, 7) is 0. The second-order valence-corrected chi connectivity index (χ2v) is 3.62. The van der Waals surface area contributed by atoms with Crippen molar-refractivity contribution in [3.8, 4) is 0 Å². The number of aromatic amines is 1. The first-order valence-corrected chi connectivity index (χ1v) is 5.23. The zero-order valence-electron chi connectivity index (χ0n) is 9.77. The Bertz CT molecular complexity index is 695. The smallest absolute Gasteiger partial charge is 0.315 e. The zero-order valence-corrected chi connectivity index (χ0v) is 9.77. The first-order chi connectivity index (χ1) is 9.50.